The lowest BCUT2D eigenvalue weighted by Gasteiger charge is -2.32. The zero-order valence-electron chi connectivity index (χ0n) is 24.7. The molecule has 1 saturated heterocycles. The highest BCUT2D eigenvalue weighted by Gasteiger charge is 2.43. The molecule has 0 bridgehead atoms. The minimum atomic E-state index is -0.0610. The van der Waals surface area contributed by atoms with Crippen LogP contribution < -0.4 is 5.73 Å². The molecule has 2 aromatic carbocycles. The number of piperidine rings is 1. The Morgan fingerprint density at radius 2 is 1.77 bits per heavy atom. The van der Waals surface area contributed by atoms with Crippen LogP contribution in [0.15, 0.2) is 60.4 Å². The second-order valence-corrected chi connectivity index (χ2v) is 10.9. The molecule has 3 aromatic rings. The number of nitrogens with zero attached hydrogens (tertiary/aromatic N) is 3. The highest BCUT2D eigenvalue weighted by atomic mass is 16.5. The zero-order valence-corrected chi connectivity index (χ0v) is 24.7. The lowest BCUT2D eigenvalue weighted by Crippen LogP contribution is -2.35. The first-order chi connectivity index (χ1) is 19.0. The fourth-order valence-corrected chi connectivity index (χ4v) is 5.53. The van der Waals surface area contributed by atoms with Crippen molar-refractivity contribution >= 4 is 11.0 Å². The summed E-state index contributed by atoms with van der Waals surface area (Å²) in [5.41, 5.74) is 10.8. The first-order valence-electron chi connectivity index (χ1n) is 14.9. The van der Waals surface area contributed by atoms with E-state index in [2.05, 4.69) is 77.9 Å². The molecule has 2 aliphatic rings. The predicted molar refractivity (Wildman–Crippen MR) is 161 cm³/mol. The molecule has 0 saturated carbocycles. The number of benzene rings is 2. The van der Waals surface area contributed by atoms with Crippen molar-refractivity contribution in [1.29, 1.82) is 0 Å². The van der Waals surface area contributed by atoms with E-state index in [1.807, 2.05) is 20.8 Å². The van der Waals surface area contributed by atoms with E-state index in [4.69, 9.17) is 20.2 Å². The summed E-state index contributed by atoms with van der Waals surface area (Å²) in [4.78, 5) is 7.67. The minimum Gasteiger partial charge on any atom is -0.495 e. The normalized spacial score (nSPS) is 20.3. The third-order valence-electron chi connectivity index (χ3n) is 7.92. The molecule has 1 fully saturated rings. The maximum atomic E-state index is 5.85. The number of rotatable bonds is 12. The first-order valence-corrected chi connectivity index (χ1v) is 14.9. The molecule has 6 nitrogen and oxygen atoms in total. The summed E-state index contributed by atoms with van der Waals surface area (Å²) in [7, 11) is 0. The Kier molecular flexibility index (Phi) is 10.2. The van der Waals surface area contributed by atoms with Crippen LogP contribution >= 0.6 is 0 Å². The number of imidazole rings is 1. The van der Waals surface area contributed by atoms with Gasteiger partial charge in [-0.3, -0.25) is 0 Å². The molecule has 39 heavy (non-hydrogen) atoms. The van der Waals surface area contributed by atoms with Gasteiger partial charge in [0.2, 0.25) is 0 Å². The number of allylic oxidation sites excluding steroid dienone is 2. The number of hydrogen-bond acceptors (Lipinski definition) is 5. The molecule has 2 N–H and O–H groups in total. The summed E-state index contributed by atoms with van der Waals surface area (Å²) in [5.74, 6) is 2.80. The molecule has 1 aromatic heterocycles. The van der Waals surface area contributed by atoms with E-state index in [1.165, 1.54) is 22.5 Å². The third-order valence-corrected chi connectivity index (χ3v) is 7.92. The lowest BCUT2D eigenvalue weighted by molar-refractivity contribution is 0.138. The first kappa shape index (κ1) is 29.3. The van der Waals surface area contributed by atoms with Gasteiger partial charge in [0.1, 0.15) is 18.2 Å². The molecule has 1 aliphatic carbocycles. The lowest BCUT2D eigenvalue weighted by atomic mass is 9.93. The SMILES string of the molecule is CC.CCOCCn1c(C2CCN(CCc3ccc(C4(C)C=C4OCC(C)N)cc3)CC2)nc2ccccc21. The van der Waals surface area contributed by atoms with Crippen molar-refractivity contribution in [2.75, 3.05) is 39.5 Å². The third kappa shape index (κ3) is 7.10. The molecule has 2 heterocycles. The number of fused-ring (bicyclic) bond motifs is 1. The van der Waals surface area contributed by atoms with Crippen molar-refractivity contribution in [3.05, 3.63) is 77.3 Å². The average Bonchev–Trinajstić information content (AvgIpc) is 3.50. The second-order valence-electron chi connectivity index (χ2n) is 10.9. The van der Waals surface area contributed by atoms with E-state index < -0.39 is 0 Å². The van der Waals surface area contributed by atoms with Crippen molar-refractivity contribution in [3.8, 4) is 0 Å². The number of ether oxygens (including phenoxy) is 2. The molecule has 0 amide bonds. The Balaban J connectivity index is 0.00000172. The van der Waals surface area contributed by atoms with E-state index in [-0.39, 0.29) is 11.5 Å². The Morgan fingerprint density at radius 1 is 1.05 bits per heavy atom. The van der Waals surface area contributed by atoms with E-state index in [0.717, 1.165) is 69.9 Å². The van der Waals surface area contributed by atoms with Gasteiger partial charge < -0.3 is 24.7 Å². The highest BCUT2D eigenvalue weighted by molar-refractivity contribution is 5.76. The van der Waals surface area contributed by atoms with Gasteiger partial charge in [0.25, 0.3) is 0 Å². The molecule has 6 heteroatoms. The molecular weight excluding hydrogens is 484 g/mol. The van der Waals surface area contributed by atoms with Crippen molar-refractivity contribution in [2.45, 2.75) is 77.8 Å². The monoisotopic (exact) mass is 532 g/mol. The standard InChI is InChI=1S/C31H42N4O2.C2H6/c1-4-36-20-19-35-28-8-6-5-7-27(28)33-30(35)25-14-17-34(18-15-25)16-13-24-9-11-26(12-10-24)31(3)21-29(31)37-22-23(2)32;1-2/h5-12,21,23,25H,4,13-20,22,32H2,1-3H3;1-2H3. The van der Waals surface area contributed by atoms with Crippen LogP contribution in [-0.4, -0.2) is 59.9 Å². The van der Waals surface area contributed by atoms with Gasteiger partial charge in [-0.05, 0) is 82.5 Å². The number of para-hydroxylation sites is 2. The van der Waals surface area contributed by atoms with Crippen molar-refractivity contribution in [1.82, 2.24) is 14.5 Å². The molecule has 5 rings (SSSR count). The van der Waals surface area contributed by atoms with Gasteiger partial charge in [0.05, 0.1) is 23.1 Å². The van der Waals surface area contributed by atoms with Crippen LogP contribution in [0.4, 0.5) is 0 Å². The quantitative estimate of drug-likeness (QED) is 0.288. The zero-order chi connectivity index (χ0) is 27.8. The summed E-state index contributed by atoms with van der Waals surface area (Å²) in [6, 6.07) is 17.6. The van der Waals surface area contributed by atoms with Gasteiger partial charge in [-0.1, -0.05) is 50.2 Å². The summed E-state index contributed by atoms with van der Waals surface area (Å²) < 4.78 is 13.9. The smallest absolute Gasteiger partial charge is 0.113 e. The average molecular weight is 533 g/mol. The van der Waals surface area contributed by atoms with Crippen LogP contribution in [0, 0.1) is 0 Å². The van der Waals surface area contributed by atoms with Gasteiger partial charge in [-0.2, -0.15) is 0 Å². The summed E-state index contributed by atoms with van der Waals surface area (Å²) in [6.45, 7) is 16.5. The summed E-state index contributed by atoms with van der Waals surface area (Å²) in [5, 5.41) is 0. The van der Waals surface area contributed by atoms with E-state index in [1.54, 1.807) is 0 Å². The maximum Gasteiger partial charge on any atom is 0.113 e. The Labute approximate surface area is 235 Å². The highest BCUT2D eigenvalue weighted by Crippen LogP contribution is 2.46. The Hall–Kier alpha value is -2.67. The molecule has 212 valence electrons. The molecule has 2 unspecified atom stereocenters. The number of likely N-dealkylation sites (tertiary alicyclic amines) is 1. The van der Waals surface area contributed by atoms with Gasteiger partial charge >= 0.3 is 0 Å². The molecular formula is C33H48N4O2. The minimum absolute atomic E-state index is 0.0555. The summed E-state index contributed by atoms with van der Waals surface area (Å²) in [6.07, 6.45) is 5.59. The fraction of sp³-hybridized carbons (Fsp3) is 0.545. The Bertz CT molecular complexity index is 1210. The van der Waals surface area contributed by atoms with Crippen LogP contribution in [0.1, 0.15) is 70.3 Å². The van der Waals surface area contributed by atoms with Crippen LogP contribution in [0.5, 0.6) is 0 Å². The van der Waals surface area contributed by atoms with Crippen molar-refractivity contribution < 1.29 is 9.47 Å². The van der Waals surface area contributed by atoms with Crippen LogP contribution in [0.25, 0.3) is 11.0 Å². The topological polar surface area (TPSA) is 65.5 Å². The number of aromatic nitrogens is 2. The largest absolute Gasteiger partial charge is 0.495 e. The maximum absolute atomic E-state index is 5.85. The molecule has 0 spiro atoms. The molecule has 1 aliphatic heterocycles. The van der Waals surface area contributed by atoms with E-state index in [0.29, 0.717) is 12.5 Å². The van der Waals surface area contributed by atoms with Gasteiger partial charge in [-0.15, -0.1) is 0 Å². The van der Waals surface area contributed by atoms with Gasteiger partial charge in [-0.25, -0.2) is 4.98 Å². The van der Waals surface area contributed by atoms with Crippen molar-refractivity contribution in [2.24, 2.45) is 5.73 Å². The van der Waals surface area contributed by atoms with Crippen LogP contribution in [-0.2, 0) is 27.9 Å². The molecule has 2 atom stereocenters. The van der Waals surface area contributed by atoms with Crippen LogP contribution in [0.3, 0.4) is 0 Å². The summed E-state index contributed by atoms with van der Waals surface area (Å²) >= 11 is 0. The van der Waals surface area contributed by atoms with E-state index >= 15 is 0 Å². The van der Waals surface area contributed by atoms with Gasteiger partial charge in [0, 0.05) is 31.7 Å². The molecule has 0 radical (unpaired) electrons. The van der Waals surface area contributed by atoms with Gasteiger partial charge in [0.15, 0.2) is 0 Å². The second kappa shape index (κ2) is 13.6. The predicted octanol–water partition coefficient (Wildman–Crippen LogP) is 6.04. The number of nitrogens with two attached hydrogens (primary N) is 1. The van der Waals surface area contributed by atoms with E-state index in [9.17, 15) is 0 Å². The Morgan fingerprint density at radius 3 is 2.46 bits per heavy atom. The van der Waals surface area contributed by atoms with Crippen molar-refractivity contribution in [3.63, 3.8) is 0 Å². The van der Waals surface area contributed by atoms with Crippen LogP contribution in [0.2, 0.25) is 0 Å². The fourth-order valence-electron chi connectivity index (χ4n) is 5.53. The number of hydrogen-bond donors (Lipinski definition) is 1.